The van der Waals surface area contributed by atoms with Crippen LogP contribution in [0.3, 0.4) is 0 Å². The van der Waals surface area contributed by atoms with Crippen LogP contribution < -0.4 is 10.9 Å². The van der Waals surface area contributed by atoms with Crippen LogP contribution in [0.5, 0.6) is 0 Å². The Morgan fingerprint density at radius 2 is 2.06 bits per heavy atom. The lowest BCUT2D eigenvalue weighted by molar-refractivity contribution is -0.121. The lowest BCUT2D eigenvalue weighted by atomic mass is 10.00. The molecule has 2 aliphatic carbocycles. The van der Waals surface area contributed by atoms with Crippen LogP contribution in [0.2, 0.25) is 0 Å². The summed E-state index contributed by atoms with van der Waals surface area (Å²) in [5.41, 5.74) is 5.91. The minimum Gasteiger partial charge on any atom is -0.373 e. The molecule has 7 nitrogen and oxygen atoms in total. The third-order valence-corrected chi connectivity index (χ3v) is 7.07. The number of allylic oxidation sites excluding steroid dienone is 3. The second-order valence-corrected chi connectivity index (χ2v) is 9.89. The Bertz CT molecular complexity index is 1290. The number of pyridine rings is 2. The van der Waals surface area contributed by atoms with Crippen LogP contribution in [0.25, 0.3) is 11.0 Å². The predicted octanol–water partition coefficient (Wildman–Crippen LogP) is 3.35. The first-order valence-electron chi connectivity index (χ1n) is 12.3. The maximum atomic E-state index is 12.4. The molecule has 0 aromatic carbocycles. The second-order valence-electron chi connectivity index (χ2n) is 9.89. The molecule has 0 radical (unpaired) electrons. The Morgan fingerprint density at radius 3 is 2.76 bits per heavy atom. The molecule has 1 amide bonds. The van der Waals surface area contributed by atoms with Gasteiger partial charge in [0.15, 0.2) is 0 Å². The summed E-state index contributed by atoms with van der Waals surface area (Å²) >= 11 is 0. The molecule has 0 spiro atoms. The number of carbonyl (C=O) groups excluding carboxylic acids is 1. The van der Waals surface area contributed by atoms with Gasteiger partial charge in [0, 0.05) is 37.6 Å². The van der Waals surface area contributed by atoms with Crippen molar-refractivity contribution in [2.45, 2.75) is 50.6 Å². The van der Waals surface area contributed by atoms with Crippen molar-refractivity contribution in [1.29, 1.82) is 0 Å². The van der Waals surface area contributed by atoms with Crippen molar-refractivity contribution in [1.82, 2.24) is 20.2 Å². The number of carbonyl (C=O) groups is 1. The highest BCUT2D eigenvalue weighted by Gasteiger charge is 2.27. The number of nitrogens with one attached hydrogen (secondary N) is 2. The average molecular weight is 456 g/mol. The molecule has 7 heteroatoms. The van der Waals surface area contributed by atoms with Gasteiger partial charge in [0.25, 0.3) is 5.56 Å². The molecule has 1 unspecified atom stereocenters. The van der Waals surface area contributed by atoms with E-state index in [9.17, 15) is 9.59 Å². The van der Waals surface area contributed by atoms with Gasteiger partial charge in [-0.2, -0.15) is 0 Å². The molecule has 0 saturated heterocycles. The summed E-state index contributed by atoms with van der Waals surface area (Å²) in [4.78, 5) is 39.0. The first-order valence-corrected chi connectivity index (χ1v) is 12.3. The number of fused-ring (bicyclic) bond motifs is 1. The van der Waals surface area contributed by atoms with Crippen LogP contribution in [0, 0.1) is 5.92 Å². The Balaban J connectivity index is 1.09. The Hall–Kier alpha value is -3.48. The summed E-state index contributed by atoms with van der Waals surface area (Å²) < 4.78 is 0. The van der Waals surface area contributed by atoms with Gasteiger partial charge in [0.2, 0.25) is 5.91 Å². The van der Waals surface area contributed by atoms with E-state index in [0.717, 1.165) is 66.6 Å². The van der Waals surface area contributed by atoms with E-state index in [-0.39, 0.29) is 11.5 Å². The maximum Gasteiger partial charge on any atom is 0.252 e. The summed E-state index contributed by atoms with van der Waals surface area (Å²) in [5, 5.41) is 3.00. The van der Waals surface area contributed by atoms with Crippen molar-refractivity contribution in [3.8, 4) is 0 Å². The van der Waals surface area contributed by atoms with E-state index >= 15 is 0 Å². The molecule has 1 atom stereocenters. The number of dihydropyridines is 1. The van der Waals surface area contributed by atoms with Crippen LogP contribution >= 0.6 is 0 Å². The van der Waals surface area contributed by atoms with Gasteiger partial charge < -0.3 is 15.2 Å². The summed E-state index contributed by atoms with van der Waals surface area (Å²) in [6.45, 7) is 2.40. The van der Waals surface area contributed by atoms with E-state index in [0.29, 0.717) is 11.8 Å². The number of aliphatic imine (C=N–C) groups is 1. The molecule has 2 aromatic heterocycles. The normalized spacial score (nSPS) is 24.1. The minimum absolute atomic E-state index is 0.0112. The maximum absolute atomic E-state index is 12.4. The fourth-order valence-electron chi connectivity index (χ4n) is 4.61. The van der Waals surface area contributed by atoms with Crippen molar-refractivity contribution in [2.24, 2.45) is 10.9 Å². The molecule has 2 fully saturated rings. The van der Waals surface area contributed by atoms with E-state index in [1.54, 1.807) is 0 Å². The molecule has 4 heterocycles. The topological polar surface area (TPSA) is 90.5 Å². The van der Waals surface area contributed by atoms with Crippen LogP contribution in [0.1, 0.15) is 49.1 Å². The van der Waals surface area contributed by atoms with Gasteiger partial charge in [0.1, 0.15) is 6.04 Å². The SMILES string of the molecule is O=C(NCC1CC1)C1C=CC(=C2C=CN(Cc3cnc4cc(C5CC5)c(=O)[nH]c4c3)CC2)C=N1. The number of amides is 1. The molecule has 2 saturated carbocycles. The van der Waals surface area contributed by atoms with Crippen molar-refractivity contribution < 1.29 is 4.79 Å². The molecule has 2 aromatic rings. The summed E-state index contributed by atoms with van der Waals surface area (Å²) in [6, 6.07) is 3.57. The van der Waals surface area contributed by atoms with Crippen molar-refractivity contribution in [3.05, 3.63) is 75.4 Å². The predicted molar refractivity (Wildman–Crippen MR) is 133 cm³/mol. The van der Waals surface area contributed by atoms with E-state index in [1.165, 1.54) is 18.4 Å². The highest BCUT2D eigenvalue weighted by molar-refractivity contribution is 5.92. The zero-order valence-corrected chi connectivity index (χ0v) is 19.2. The van der Waals surface area contributed by atoms with E-state index in [1.807, 2.05) is 36.7 Å². The number of H-pyrrole nitrogens is 1. The van der Waals surface area contributed by atoms with Crippen LogP contribution in [0.4, 0.5) is 0 Å². The van der Waals surface area contributed by atoms with Crippen LogP contribution in [-0.2, 0) is 11.3 Å². The highest BCUT2D eigenvalue weighted by atomic mass is 16.2. The van der Waals surface area contributed by atoms with Gasteiger partial charge in [-0.05, 0) is 85.1 Å². The largest absolute Gasteiger partial charge is 0.373 e. The fraction of sp³-hybridized carbons (Fsp3) is 0.407. The number of aromatic nitrogens is 2. The fourth-order valence-corrected chi connectivity index (χ4v) is 4.61. The number of rotatable bonds is 6. The van der Waals surface area contributed by atoms with E-state index in [2.05, 4.69) is 37.5 Å². The number of hydrogen-bond donors (Lipinski definition) is 2. The molecule has 2 N–H and O–H groups in total. The first-order chi connectivity index (χ1) is 16.6. The quantitative estimate of drug-likeness (QED) is 0.699. The Kier molecular flexibility index (Phi) is 5.40. The van der Waals surface area contributed by atoms with Crippen molar-refractivity contribution in [3.63, 3.8) is 0 Å². The van der Waals surface area contributed by atoms with Gasteiger partial charge in [-0.3, -0.25) is 19.6 Å². The third kappa shape index (κ3) is 4.60. The number of aromatic amines is 1. The van der Waals surface area contributed by atoms with Crippen LogP contribution in [-0.4, -0.2) is 46.1 Å². The summed E-state index contributed by atoms with van der Waals surface area (Å²) in [7, 11) is 0. The number of nitrogens with zero attached hydrogens (tertiary/aromatic N) is 3. The summed E-state index contributed by atoms with van der Waals surface area (Å²) in [5.74, 6) is 1.07. The molecule has 34 heavy (non-hydrogen) atoms. The molecule has 4 aliphatic rings. The van der Waals surface area contributed by atoms with Gasteiger partial charge in [-0.25, -0.2) is 0 Å². The lowest BCUT2D eigenvalue weighted by Crippen LogP contribution is -2.34. The molecular formula is C27H29N5O2. The standard InChI is InChI=1S/C27H29N5O2/c33-26-22(20-3-4-20)12-24-25(31-26)11-18(14-28-24)16-32-9-7-19(8-10-32)21-5-6-23(29-15-21)27(34)30-13-17-1-2-17/h5-7,9,11-12,14-15,17,20,23H,1-4,8,10,13,16H2,(H,30,34)(H,31,33). The Labute approximate surface area is 198 Å². The average Bonchev–Trinajstić information content (AvgIpc) is 3.77. The van der Waals surface area contributed by atoms with E-state index in [4.69, 9.17) is 0 Å². The van der Waals surface area contributed by atoms with E-state index < -0.39 is 6.04 Å². The Morgan fingerprint density at radius 1 is 1.18 bits per heavy atom. The zero-order chi connectivity index (χ0) is 23.1. The number of hydrogen-bond acceptors (Lipinski definition) is 5. The van der Waals surface area contributed by atoms with Crippen molar-refractivity contribution in [2.75, 3.05) is 13.1 Å². The second kappa shape index (κ2) is 8.70. The van der Waals surface area contributed by atoms with Gasteiger partial charge in [0.05, 0.1) is 11.0 Å². The summed E-state index contributed by atoms with van der Waals surface area (Å²) in [6.07, 6.45) is 17.4. The first kappa shape index (κ1) is 21.1. The van der Waals surface area contributed by atoms with Crippen LogP contribution in [0.15, 0.2) is 63.7 Å². The minimum atomic E-state index is -0.417. The molecule has 2 aliphatic heterocycles. The lowest BCUT2D eigenvalue weighted by Gasteiger charge is -2.25. The molecule has 174 valence electrons. The van der Waals surface area contributed by atoms with Gasteiger partial charge in [-0.15, -0.1) is 0 Å². The van der Waals surface area contributed by atoms with Crippen molar-refractivity contribution >= 4 is 23.2 Å². The molecule has 6 rings (SSSR count). The molecular weight excluding hydrogens is 426 g/mol. The third-order valence-electron chi connectivity index (χ3n) is 7.07. The molecule has 0 bridgehead atoms. The smallest absolute Gasteiger partial charge is 0.252 e. The monoisotopic (exact) mass is 455 g/mol. The van der Waals surface area contributed by atoms with Gasteiger partial charge in [-0.1, -0.05) is 12.2 Å². The zero-order valence-electron chi connectivity index (χ0n) is 19.2. The van der Waals surface area contributed by atoms with Gasteiger partial charge >= 0.3 is 0 Å². The highest BCUT2D eigenvalue weighted by Crippen LogP contribution is 2.38.